The molecule has 0 bridgehead atoms. The third-order valence-electron chi connectivity index (χ3n) is 0.823. The molecule has 3 N–H and O–H groups in total. The summed E-state index contributed by atoms with van der Waals surface area (Å²) in [6.45, 7) is 1.44. The van der Waals surface area contributed by atoms with E-state index in [2.05, 4.69) is 10.3 Å². The van der Waals surface area contributed by atoms with Gasteiger partial charge >= 0.3 is 0 Å². The number of nitrogens with two attached hydrogens (primary N) is 1. The molecule has 1 aromatic heterocycles. The summed E-state index contributed by atoms with van der Waals surface area (Å²) in [6.07, 6.45) is 1.53. The lowest BCUT2D eigenvalue weighted by atomic mass is 10.7. The minimum atomic E-state index is -0.108. The quantitative estimate of drug-likeness (QED) is 0.630. The van der Waals surface area contributed by atoms with Crippen LogP contribution in [0.25, 0.3) is 0 Å². The van der Waals surface area contributed by atoms with Crippen LogP contribution in [0.3, 0.4) is 0 Å². The highest BCUT2D eigenvalue weighted by molar-refractivity contribution is 7.19. The van der Waals surface area contributed by atoms with Crippen LogP contribution in [0.2, 0.25) is 0 Å². The third-order valence-corrected chi connectivity index (χ3v) is 1.56. The van der Waals surface area contributed by atoms with Crippen molar-refractivity contribution in [2.75, 3.05) is 11.1 Å². The summed E-state index contributed by atoms with van der Waals surface area (Å²) >= 11 is 1.25. The monoisotopic (exact) mass is 157 g/mol. The van der Waals surface area contributed by atoms with Crippen LogP contribution in [-0.2, 0) is 4.79 Å². The lowest BCUT2D eigenvalue weighted by molar-refractivity contribution is -0.114. The van der Waals surface area contributed by atoms with Crippen molar-refractivity contribution < 1.29 is 4.79 Å². The SMILES string of the molecule is CC(=O)Nc1cnc(N)s1. The maximum absolute atomic E-state index is 10.4. The molecule has 0 aromatic carbocycles. The van der Waals surface area contributed by atoms with Crippen molar-refractivity contribution in [1.82, 2.24) is 4.98 Å². The molecule has 0 unspecified atom stereocenters. The van der Waals surface area contributed by atoms with Crippen LogP contribution in [0.4, 0.5) is 10.1 Å². The molecular formula is C5H7N3OS. The maximum Gasteiger partial charge on any atom is 0.221 e. The van der Waals surface area contributed by atoms with E-state index in [1.807, 2.05) is 0 Å². The van der Waals surface area contributed by atoms with Gasteiger partial charge in [-0.3, -0.25) is 4.79 Å². The first-order valence-electron chi connectivity index (χ1n) is 2.67. The fourth-order valence-electron chi connectivity index (χ4n) is 0.519. The molecule has 0 aliphatic carbocycles. The predicted octanol–water partition coefficient (Wildman–Crippen LogP) is 0.684. The molecule has 10 heavy (non-hydrogen) atoms. The van der Waals surface area contributed by atoms with Gasteiger partial charge < -0.3 is 11.1 Å². The molecule has 5 heteroatoms. The zero-order valence-corrected chi connectivity index (χ0v) is 6.23. The van der Waals surface area contributed by atoms with E-state index < -0.39 is 0 Å². The Kier molecular flexibility index (Phi) is 1.86. The normalized spacial score (nSPS) is 9.30. The largest absolute Gasteiger partial charge is 0.375 e. The molecule has 0 aliphatic rings. The van der Waals surface area contributed by atoms with E-state index in [1.54, 1.807) is 0 Å². The van der Waals surface area contributed by atoms with Crippen molar-refractivity contribution in [3.63, 3.8) is 0 Å². The van der Waals surface area contributed by atoms with Crippen molar-refractivity contribution in [1.29, 1.82) is 0 Å². The summed E-state index contributed by atoms with van der Waals surface area (Å²) in [5.41, 5.74) is 5.31. The van der Waals surface area contributed by atoms with Crippen LogP contribution < -0.4 is 11.1 Å². The Labute approximate surface area is 62.1 Å². The minimum Gasteiger partial charge on any atom is -0.375 e. The van der Waals surface area contributed by atoms with Gasteiger partial charge in [-0.15, -0.1) is 0 Å². The standard InChI is InChI=1S/C5H7N3OS/c1-3(9)8-4-2-7-5(6)10-4/h2H,1H3,(H2,6,7)(H,8,9). The van der Waals surface area contributed by atoms with E-state index >= 15 is 0 Å². The van der Waals surface area contributed by atoms with Crippen molar-refractivity contribution in [3.8, 4) is 0 Å². The first kappa shape index (κ1) is 7.01. The number of hydrogen-bond donors (Lipinski definition) is 2. The topological polar surface area (TPSA) is 68.0 Å². The van der Waals surface area contributed by atoms with Gasteiger partial charge in [-0.2, -0.15) is 0 Å². The van der Waals surface area contributed by atoms with Gasteiger partial charge in [0.05, 0.1) is 6.20 Å². The lowest BCUT2D eigenvalue weighted by Crippen LogP contribution is -2.03. The fourth-order valence-corrected chi connectivity index (χ4v) is 1.15. The van der Waals surface area contributed by atoms with Crippen LogP contribution in [0.5, 0.6) is 0 Å². The number of amides is 1. The molecule has 0 atom stereocenters. The Morgan fingerprint density at radius 3 is 3.00 bits per heavy atom. The van der Waals surface area contributed by atoms with E-state index in [9.17, 15) is 4.79 Å². The summed E-state index contributed by atoms with van der Waals surface area (Å²) < 4.78 is 0. The minimum absolute atomic E-state index is 0.108. The highest BCUT2D eigenvalue weighted by Gasteiger charge is 1.98. The number of nitrogens with zero attached hydrogens (tertiary/aromatic N) is 1. The highest BCUT2D eigenvalue weighted by Crippen LogP contribution is 2.19. The number of nitrogens with one attached hydrogen (secondary N) is 1. The summed E-state index contributed by atoms with van der Waals surface area (Å²) in [5, 5.41) is 3.71. The maximum atomic E-state index is 10.4. The van der Waals surface area contributed by atoms with Crippen LogP contribution in [-0.4, -0.2) is 10.9 Å². The number of hydrogen-bond acceptors (Lipinski definition) is 4. The Balaban J connectivity index is 2.67. The van der Waals surface area contributed by atoms with E-state index in [0.717, 1.165) is 0 Å². The first-order valence-corrected chi connectivity index (χ1v) is 3.49. The Hall–Kier alpha value is -1.10. The van der Waals surface area contributed by atoms with Crippen LogP contribution in [0, 0.1) is 0 Å². The Morgan fingerprint density at radius 1 is 1.90 bits per heavy atom. The van der Waals surface area contributed by atoms with Gasteiger partial charge in [-0.25, -0.2) is 4.98 Å². The Morgan fingerprint density at radius 2 is 2.60 bits per heavy atom. The Bertz CT molecular complexity index is 245. The van der Waals surface area contributed by atoms with Crippen molar-refractivity contribution in [2.45, 2.75) is 6.92 Å². The number of thiazole rings is 1. The second-order valence-electron chi connectivity index (χ2n) is 1.74. The molecule has 1 rings (SSSR count). The number of carbonyl (C=O) groups is 1. The fraction of sp³-hybridized carbons (Fsp3) is 0.200. The van der Waals surface area contributed by atoms with Gasteiger partial charge in [0.25, 0.3) is 0 Å². The number of aromatic nitrogens is 1. The van der Waals surface area contributed by atoms with E-state index in [1.165, 1.54) is 24.5 Å². The number of anilines is 2. The van der Waals surface area contributed by atoms with Crippen molar-refractivity contribution in [2.24, 2.45) is 0 Å². The van der Waals surface area contributed by atoms with Gasteiger partial charge in [0.1, 0.15) is 5.00 Å². The lowest BCUT2D eigenvalue weighted by Gasteiger charge is -1.91. The molecule has 0 spiro atoms. The van der Waals surface area contributed by atoms with Crippen LogP contribution >= 0.6 is 11.3 Å². The molecule has 4 nitrogen and oxygen atoms in total. The summed E-state index contributed by atoms with van der Waals surface area (Å²) in [4.78, 5) is 14.2. The molecule has 0 fully saturated rings. The van der Waals surface area contributed by atoms with Gasteiger partial charge in [-0.05, 0) is 0 Å². The molecule has 0 radical (unpaired) electrons. The molecule has 0 saturated heterocycles. The first-order chi connectivity index (χ1) is 4.68. The second kappa shape index (κ2) is 2.66. The van der Waals surface area contributed by atoms with Gasteiger partial charge in [-0.1, -0.05) is 11.3 Å². The molecule has 54 valence electrons. The van der Waals surface area contributed by atoms with Crippen molar-refractivity contribution >= 4 is 27.4 Å². The average Bonchev–Trinajstić information content (AvgIpc) is 2.13. The molecule has 0 aliphatic heterocycles. The molecule has 0 saturated carbocycles. The van der Waals surface area contributed by atoms with Gasteiger partial charge in [0.15, 0.2) is 5.13 Å². The molecular weight excluding hydrogens is 150 g/mol. The molecule has 1 heterocycles. The average molecular weight is 157 g/mol. The van der Waals surface area contributed by atoms with Crippen LogP contribution in [0.1, 0.15) is 6.92 Å². The third kappa shape index (κ3) is 1.70. The van der Waals surface area contributed by atoms with Gasteiger partial charge in [0.2, 0.25) is 5.91 Å². The van der Waals surface area contributed by atoms with E-state index in [-0.39, 0.29) is 5.91 Å². The summed E-state index contributed by atoms with van der Waals surface area (Å²) in [6, 6.07) is 0. The van der Waals surface area contributed by atoms with E-state index in [4.69, 9.17) is 5.73 Å². The molecule has 1 amide bonds. The van der Waals surface area contributed by atoms with Crippen molar-refractivity contribution in [3.05, 3.63) is 6.20 Å². The summed E-state index contributed by atoms with van der Waals surface area (Å²) in [5.74, 6) is -0.108. The summed E-state index contributed by atoms with van der Waals surface area (Å²) in [7, 11) is 0. The number of rotatable bonds is 1. The highest BCUT2D eigenvalue weighted by atomic mass is 32.1. The smallest absolute Gasteiger partial charge is 0.221 e. The predicted molar refractivity (Wildman–Crippen MR) is 40.8 cm³/mol. The zero-order valence-electron chi connectivity index (χ0n) is 5.42. The van der Waals surface area contributed by atoms with Gasteiger partial charge in [0, 0.05) is 6.92 Å². The second-order valence-corrected chi connectivity index (χ2v) is 2.81. The zero-order chi connectivity index (χ0) is 7.56. The van der Waals surface area contributed by atoms with E-state index in [0.29, 0.717) is 10.1 Å². The number of carbonyl (C=O) groups excluding carboxylic acids is 1. The molecule has 1 aromatic rings. The van der Waals surface area contributed by atoms with Crippen LogP contribution in [0.15, 0.2) is 6.20 Å². The number of nitrogen functional groups attached to an aromatic ring is 1.